The molecule has 0 bridgehead atoms. The number of rotatable bonds is 10. The lowest BCUT2D eigenvalue weighted by Crippen LogP contribution is -2.42. The Morgan fingerprint density at radius 2 is 1.76 bits per heavy atom. The third-order valence-electron chi connectivity index (χ3n) is 4.44. The summed E-state index contributed by atoms with van der Waals surface area (Å²) in [6.07, 6.45) is 0.850. The Labute approximate surface area is 181 Å². The molecule has 0 aliphatic carbocycles. The number of para-hydroxylation sites is 2. The van der Waals surface area contributed by atoms with Crippen molar-refractivity contribution in [3.05, 3.63) is 58.6 Å². The lowest BCUT2D eigenvalue weighted by molar-refractivity contribution is -0.132. The molecule has 0 radical (unpaired) electrons. The number of carbonyl (C=O) groups excluding carboxylic acids is 2. The van der Waals surface area contributed by atoms with Crippen molar-refractivity contribution in [1.29, 1.82) is 0 Å². The second-order valence-electron chi connectivity index (χ2n) is 6.80. The van der Waals surface area contributed by atoms with Crippen LogP contribution in [0, 0.1) is 0 Å². The normalized spacial score (nSPS) is 10.7. The van der Waals surface area contributed by atoms with Gasteiger partial charge in [-0.2, -0.15) is 0 Å². The number of hydrogen-bond donors (Lipinski definition) is 1. The minimum atomic E-state index is -0.177. The Bertz CT molecular complexity index is 828. The maximum atomic E-state index is 12.7. The van der Waals surface area contributed by atoms with Gasteiger partial charge in [-0.05, 0) is 36.7 Å². The quantitative estimate of drug-likeness (QED) is 0.584. The highest BCUT2D eigenvalue weighted by atomic mass is 79.9. The fourth-order valence-electron chi connectivity index (χ4n) is 2.95. The molecule has 7 heteroatoms. The molecule has 0 saturated carbocycles. The number of amides is 2. The molecule has 6 nitrogen and oxygen atoms in total. The van der Waals surface area contributed by atoms with Crippen LogP contribution in [-0.4, -0.2) is 55.4 Å². The van der Waals surface area contributed by atoms with Crippen molar-refractivity contribution in [3.63, 3.8) is 0 Å². The van der Waals surface area contributed by atoms with E-state index in [4.69, 9.17) is 4.74 Å². The van der Waals surface area contributed by atoms with Crippen LogP contribution < -0.4 is 10.1 Å². The van der Waals surface area contributed by atoms with Gasteiger partial charge in [-0.3, -0.25) is 14.5 Å². The largest absolute Gasteiger partial charge is 0.495 e. The molecule has 2 aromatic rings. The molecule has 0 saturated heterocycles. The van der Waals surface area contributed by atoms with E-state index in [1.807, 2.05) is 48.2 Å². The SMILES string of the molecule is CCCN(CC(=O)Nc1ccccc1OC)CC(=O)N(C)Cc1ccccc1Br. The van der Waals surface area contributed by atoms with Gasteiger partial charge in [0.1, 0.15) is 5.75 Å². The Morgan fingerprint density at radius 1 is 1.07 bits per heavy atom. The van der Waals surface area contributed by atoms with Crippen molar-refractivity contribution in [2.75, 3.05) is 39.1 Å². The first-order valence-corrected chi connectivity index (χ1v) is 10.4. The standard InChI is InChI=1S/C22H28BrN3O3/c1-4-13-26(15-21(27)24-19-11-7-8-12-20(19)29-3)16-22(28)25(2)14-17-9-5-6-10-18(17)23/h5-12H,4,13-16H2,1-3H3,(H,24,27). The monoisotopic (exact) mass is 461 g/mol. The van der Waals surface area contributed by atoms with Gasteiger partial charge in [-0.25, -0.2) is 0 Å². The first-order valence-electron chi connectivity index (χ1n) is 9.57. The van der Waals surface area contributed by atoms with Crippen LogP contribution in [0.5, 0.6) is 5.75 Å². The fraction of sp³-hybridized carbons (Fsp3) is 0.364. The summed E-state index contributed by atoms with van der Waals surface area (Å²) in [5.74, 6) is 0.399. The number of carbonyl (C=O) groups is 2. The Morgan fingerprint density at radius 3 is 2.45 bits per heavy atom. The van der Waals surface area contributed by atoms with Crippen molar-refractivity contribution in [1.82, 2.24) is 9.80 Å². The molecular weight excluding hydrogens is 434 g/mol. The van der Waals surface area contributed by atoms with Crippen LogP contribution >= 0.6 is 15.9 Å². The van der Waals surface area contributed by atoms with E-state index in [-0.39, 0.29) is 24.9 Å². The number of ether oxygens (including phenoxy) is 1. The summed E-state index contributed by atoms with van der Waals surface area (Å²) in [5, 5.41) is 2.86. The zero-order valence-electron chi connectivity index (χ0n) is 17.2. The minimum Gasteiger partial charge on any atom is -0.495 e. The van der Waals surface area contributed by atoms with Crippen LogP contribution in [0.4, 0.5) is 5.69 Å². The zero-order chi connectivity index (χ0) is 21.2. The average molecular weight is 462 g/mol. The summed E-state index contributed by atoms with van der Waals surface area (Å²) < 4.78 is 6.24. The molecule has 0 aliphatic rings. The highest BCUT2D eigenvalue weighted by molar-refractivity contribution is 9.10. The molecule has 0 fully saturated rings. The van der Waals surface area contributed by atoms with Crippen LogP contribution in [0.3, 0.4) is 0 Å². The van der Waals surface area contributed by atoms with E-state index in [1.165, 1.54) is 0 Å². The second-order valence-corrected chi connectivity index (χ2v) is 7.65. The Balaban J connectivity index is 1.95. The Hall–Kier alpha value is -2.38. The molecule has 2 aromatic carbocycles. The molecule has 0 unspecified atom stereocenters. The number of nitrogens with zero attached hydrogens (tertiary/aromatic N) is 2. The molecule has 0 heterocycles. The molecule has 1 N–H and O–H groups in total. The second kappa shape index (κ2) is 11.6. The molecule has 0 aliphatic heterocycles. The van der Waals surface area contributed by atoms with E-state index in [9.17, 15) is 9.59 Å². The van der Waals surface area contributed by atoms with Crippen LogP contribution in [0.15, 0.2) is 53.0 Å². The molecule has 0 spiro atoms. The number of anilines is 1. The maximum Gasteiger partial charge on any atom is 0.238 e. The van der Waals surface area contributed by atoms with Crippen molar-refractivity contribution in [2.24, 2.45) is 0 Å². The van der Waals surface area contributed by atoms with Gasteiger partial charge in [0.15, 0.2) is 0 Å². The van der Waals surface area contributed by atoms with E-state index in [1.54, 1.807) is 31.2 Å². The van der Waals surface area contributed by atoms with E-state index in [0.717, 1.165) is 16.5 Å². The number of methoxy groups -OCH3 is 1. The molecule has 0 atom stereocenters. The average Bonchev–Trinajstić information content (AvgIpc) is 2.70. The number of benzene rings is 2. The van der Waals surface area contributed by atoms with Gasteiger partial charge >= 0.3 is 0 Å². The van der Waals surface area contributed by atoms with Crippen molar-refractivity contribution < 1.29 is 14.3 Å². The van der Waals surface area contributed by atoms with Crippen molar-refractivity contribution in [2.45, 2.75) is 19.9 Å². The zero-order valence-corrected chi connectivity index (χ0v) is 18.7. The molecule has 156 valence electrons. The summed E-state index contributed by atoms with van der Waals surface area (Å²) in [6, 6.07) is 15.1. The molecular formula is C22H28BrN3O3. The fourth-order valence-corrected chi connectivity index (χ4v) is 3.36. The summed E-state index contributed by atoms with van der Waals surface area (Å²) >= 11 is 3.51. The van der Waals surface area contributed by atoms with Crippen LogP contribution in [0.1, 0.15) is 18.9 Å². The third-order valence-corrected chi connectivity index (χ3v) is 5.21. The van der Waals surface area contributed by atoms with Gasteiger partial charge in [0.25, 0.3) is 0 Å². The van der Waals surface area contributed by atoms with Crippen LogP contribution in [-0.2, 0) is 16.1 Å². The molecule has 29 heavy (non-hydrogen) atoms. The van der Waals surface area contributed by atoms with E-state index < -0.39 is 0 Å². The summed E-state index contributed by atoms with van der Waals surface area (Å²) in [5.41, 5.74) is 1.66. The Kier molecular flexibility index (Phi) is 9.15. The number of hydrogen-bond acceptors (Lipinski definition) is 4. The van der Waals surface area contributed by atoms with Crippen molar-refractivity contribution in [3.8, 4) is 5.75 Å². The van der Waals surface area contributed by atoms with Gasteiger partial charge in [0.05, 0.1) is 25.9 Å². The predicted molar refractivity (Wildman–Crippen MR) is 119 cm³/mol. The van der Waals surface area contributed by atoms with E-state index >= 15 is 0 Å². The van der Waals surface area contributed by atoms with Crippen molar-refractivity contribution >= 4 is 33.4 Å². The lowest BCUT2D eigenvalue weighted by atomic mass is 10.2. The topological polar surface area (TPSA) is 61.9 Å². The first-order chi connectivity index (χ1) is 13.9. The molecule has 2 rings (SSSR count). The minimum absolute atomic E-state index is 0.0284. The number of nitrogens with one attached hydrogen (secondary N) is 1. The smallest absolute Gasteiger partial charge is 0.238 e. The van der Waals surface area contributed by atoms with Gasteiger partial charge in [-0.15, -0.1) is 0 Å². The summed E-state index contributed by atoms with van der Waals surface area (Å²) in [6.45, 7) is 3.52. The highest BCUT2D eigenvalue weighted by Crippen LogP contribution is 2.23. The van der Waals surface area contributed by atoms with Crippen LogP contribution in [0.2, 0.25) is 0 Å². The number of likely N-dealkylation sites (N-methyl/N-ethyl adjacent to an activating group) is 1. The molecule has 2 amide bonds. The van der Waals surface area contributed by atoms with Gasteiger partial charge in [0.2, 0.25) is 11.8 Å². The first kappa shape index (κ1) is 22.9. The van der Waals surface area contributed by atoms with E-state index in [0.29, 0.717) is 24.5 Å². The lowest BCUT2D eigenvalue weighted by Gasteiger charge is -2.25. The highest BCUT2D eigenvalue weighted by Gasteiger charge is 2.18. The van der Waals surface area contributed by atoms with Gasteiger partial charge in [-0.1, -0.05) is 53.2 Å². The summed E-state index contributed by atoms with van der Waals surface area (Å²) in [4.78, 5) is 28.8. The van der Waals surface area contributed by atoms with Gasteiger partial charge in [0, 0.05) is 18.1 Å². The van der Waals surface area contributed by atoms with E-state index in [2.05, 4.69) is 21.2 Å². The van der Waals surface area contributed by atoms with Crippen LogP contribution in [0.25, 0.3) is 0 Å². The molecule has 0 aromatic heterocycles. The number of halogens is 1. The predicted octanol–water partition coefficient (Wildman–Crippen LogP) is 3.77. The van der Waals surface area contributed by atoms with Gasteiger partial charge < -0.3 is 15.0 Å². The summed E-state index contributed by atoms with van der Waals surface area (Å²) in [7, 11) is 3.34. The third kappa shape index (κ3) is 7.18. The maximum absolute atomic E-state index is 12.7.